The number of rotatable bonds is 4. The molecule has 0 saturated carbocycles. The van der Waals surface area contributed by atoms with E-state index < -0.39 is 5.97 Å². The Morgan fingerprint density at radius 3 is 2.64 bits per heavy atom. The van der Waals surface area contributed by atoms with Gasteiger partial charge >= 0.3 is 5.97 Å². The Hall–Kier alpha value is -2.88. The van der Waals surface area contributed by atoms with Gasteiger partial charge in [0.2, 0.25) is 0 Å². The smallest absolute Gasteiger partial charge is 0.335 e. The summed E-state index contributed by atoms with van der Waals surface area (Å²) in [6, 6.07) is 15.0. The van der Waals surface area contributed by atoms with Crippen molar-refractivity contribution < 1.29 is 9.90 Å². The van der Waals surface area contributed by atoms with E-state index in [0.717, 1.165) is 22.2 Å². The molecule has 2 N–H and O–H groups in total. The third kappa shape index (κ3) is 2.76. The molecule has 0 unspecified atom stereocenters. The zero-order chi connectivity index (χ0) is 15.5. The third-order valence-corrected chi connectivity index (χ3v) is 3.66. The molecule has 0 amide bonds. The number of benzene rings is 2. The predicted octanol–water partition coefficient (Wildman–Crippen LogP) is 3.85. The van der Waals surface area contributed by atoms with Crippen LogP contribution >= 0.6 is 0 Å². The quantitative estimate of drug-likeness (QED) is 0.766. The molecule has 0 atom stereocenters. The largest absolute Gasteiger partial charge is 0.478 e. The van der Waals surface area contributed by atoms with Gasteiger partial charge in [0, 0.05) is 18.1 Å². The van der Waals surface area contributed by atoms with Gasteiger partial charge in [-0.15, -0.1) is 0 Å². The van der Waals surface area contributed by atoms with Gasteiger partial charge in [-0.25, -0.2) is 9.78 Å². The SMILES string of the molecule is Cc1cccc2ccnc(NCc3ccc(C(=O)O)cc3)c12. The third-order valence-electron chi connectivity index (χ3n) is 3.66. The molecule has 0 bridgehead atoms. The number of pyridine rings is 1. The van der Waals surface area contributed by atoms with E-state index in [2.05, 4.69) is 29.4 Å². The number of aryl methyl sites for hydroxylation is 1. The summed E-state index contributed by atoms with van der Waals surface area (Å²) in [6.45, 7) is 2.66. The average Bonchev–Trinajstić information content (AvgIpc) is 2.53. The summed E-state index contributed by atoms with van der Waals surface area (Å²) >= 11 is 0. The first-order valence-electron chi connectivity index (χ1n) is 7.05. The minimum Gasteiger partial charge on any atom is -0.478 e. The van der Waals surface area contributed by atoms with Crippen LogP contribution in [0.25, 0.3) is 10.8 Å². The van der Waals surface area contributed by atoms with Crippen molar-refractivity contribution >= 4 is 22.6 Å². The van der Waals surface area contributed by atoms with Crippen LogP contribution in [0.2, 0.25) is 0 Å². The fourth-order valence-electron chi connectivity index (χ4n) is 2.49. The monoisotopic (exact) mass is 292 g/mol. The number of carboxylic acids is 1. The summed E-state index contributed by atoms with van der Waals surface area (Å²) in [6.07, 6.45) is 1.79. The van der Waals surface area contributed by atoms with Gasteiger partial charge in [-0.2, -0.15) is 0 Å². The maximum absolute atomic E-state index is 10.8. The zero-order valence-electron chi connectivity index (χ0n) is 12.2. The van der Waals surface area contributed by atoms with Crippen LogP contribution in [0.15, 0.2) is 54.7 Å². The Balaban J connectivity index is 1.83. The topological polar surface area (TPSA) is 62.2 Å². The van der Waals surface area contributed by atoms with Crippen LogP contribution in [0.4, 0.5) is 5.82 Å². The molecular weight excluding hydrogens is 276 g/mol. The van der Waals surface area contributed by atoms with Crippen LogP contribution in [0.1, 0.15) is 21.5 Å². The highest BCUT2D eigenvalue weighted by Crippen LogP contribution is 2.24. The average molecular weight is 292 g/mol. The second-order valence-electron chi connectivity index (χ2n) is 5.19. The lowest BCUT2D eigenvalue weighted by molar-refractivity contribution is 0.0697. The Kier molecular flexibility index (Phi) is 3.74. The van der Waals surface area contributed by atoms with Crippen LogP contribution in [-0.2, 0) is 6.54 Å². The number of aromatic nitrogens is 1. The van der Waals surface area contributed by atoms with Gasteiger partial charge in [0.25, 0.3) is 0 Å². The Morgan fingerprint density at radius 2 is 1.91 bits per heavy atom. The number of fused-ring (bicyclic) bond motifs is 1. The second-order valence-corrected chi connectivity index (χ2v) is 5.19. The summed E-state index contributed by atoms with van der Waals surface area (Å²) in [5.41, 5.74) is 2.48. The van der Waals surface area contributed by atoms with Crippen LogP contribution < -0.4 is 5.32 Å². The number of hydrogen-bond donors (Lipinski definition) is 2. The van der Waals surface area contributed by atoms with Crippen molar-refractivity contribution in [2.24, 2.45) is 0 Å². The van der Waals surface area contributed by atoms with Gasteiger partial charge in [0.1, 0.15) is 5.82 Å². The minimum atomic E-state index is -0.911. The molecule has 3 aromatic rings. The van der Waals surface area contributed by atoms with E-state index >= 15 is 0 Å². The molecule has 1 heterocycles. The van der Waals surface area contributed by atoms with E-state index in [-0.39, 0.29) is 0 Å². The van der Waals surface area contributed by atoms with Crippen LogP contribution in [-0.4, -0.2) is 16.1 Å². The summed E-state index contributed by atoms with van der Waals surface area (Å²) in [5, 5.41) is 14.5. The van der Waals surface area contributed by atoms with Gasteiger partial charge < -0.3 is 10.4 Å². The Labute approximate surface area is 128 Å². The standard InChI is InChI=1S/C18H16N2O2/c1-12-3-2-4-14-9-10-19-17(16(12)14)20-11-13-5-7-15(8-6-13)18(21)22/h2-10H,11H2,1H3,(H,19,20)(H,21,22). The van der Waals surface area contributed by atoms with Crippen molar-refractivity contribution in [2.45, 2.75) is 13.5 Å². The molecule has 0 spiro atoms. The van der Waals surface area contributed by atoms with Crippen molar-refractivity contribution in [3.05, 3.63) is 71.4 Å². The lowest BCUT2D eigenvalue weighted by Gasteiger charge is -2.11. The number of carbonyl (C=O) groups is 1. The molecule has 4 nitrogen and oxygen atoms in total. The van der Waals surface area contributed by atoms with Crippen LogP contribution in [0, 0.1) is 6.92 Å². The van der Waals surface area contributed by atoms with Crippen molar-refractivity contribution in [1.29, 1.82) is 0 Å². The fourth-order valence-corrected chi connectivity index (χ4v) is 2.49. The normalized spacial score (nSPS) is 10.6. The van der Waals surface area contributed by atoms with E-state index in [9.17, 15) is 4.79 Å². The number of nitrogens with zero attached hydrogens (tertiary/aromatic N) is 1. The van der Waals surface area contributed by atoms with Crippen LogP contribution in [0.3, 0.4) is 0 Å². The summed E-state index contributed by atoms with van der Waals surface area (Å²) in [7, 11) is 0. The number of aromatic carboxylic acids is 1. The minimum absolute atomic E-state index is 0.294. The van der Waals surface area contributed by atoms with Crippen molar-refractivity contribution in [3.8, 4) is 0 Å². The highest BCUT2D eigenvalue weighted by molar-refractivity contribution is 5.94. The molecule has 110 valence electrons. The molecular formula is C18H16N2O2. The lowest BCUT2D eigenvalue weighted by atomic mass is 10.1. The van der Waals surface area contributed by atoms with E-state index in [4.69, 9.17) is 5.11 Å². The number of hydrogen-bond acceptors (Lipinski definition) is 3. The number of anilines is 1. The maximum Gasteiger partial charge on any atom is 0.335 e. The van der Waals surface area contributed by atoms with Crippen molar-refractivity contribution in [2.75, 3.05) is 5.32 Å². The zero-order valence-corrected chi connectivity index (χ0v) is 12.2. The number of carboxylic acid groups (broad SMARTS) is 1. The van der Waals surface area contributed by atoms with Gasteiger partial charge in [0.15, 0.2) is 0 Å². The lowest BCUT2D eigenvalue weighted by Crippen LogP contribution is -2.03. The molecule has 3 rings (SSSR count). The van der Waals surface area contributed by atoms with E-state index in [1.54, 1.807) is 18.3 Å². The highest BCUT2D eigenvalue weighted by Gasteiger charge is 2.05. The Bertz CT molecular complexity index is 821. The first-order valence-corrected chi connectivity index (χ1v) is 7.05. The van der Waals surface area contributed by atoms with Crippen LogP contribution in [0.5, 0.6) is 0 Å². The molecule has 0 saturated heterocycles. The summed E-state index contributed by atoms with van der Waals surface area (Å²) in [5.74, 6) is -0.0660. The summed E-state index contributed by atoms with van der Waals surface area (Å²) in [4.78, 5) is 15.3. The molecule has 0 radical (unpaired) electrons. The fraction of sp³-hybridized carbons (Fsp3) is 0.111. The van der Waals surface area contributed by atoms with Gasteiger partial charge in [-0.3, -0.25) is 0 Å². The second kappa shape index (κ2) is 5.85. The first-order chi connectivity index (χ1) is 10.6. The molecule has 0 fully saturated rings. The molecule has 4 heteroatoms. The van der Waals surface area contributed by atoms with E-state index in [0.29, 0.717) is 12.1 Å². The molecule has 0 aliphatic rings. The Morgan fingerprint density at radius 1 is 1.14 bits per heavy atom. The number of nitrogens with one attached hydrogen (secondary N) is 1. The van der Waals surface area contributed by atoms with Gasteiger partial charge in [-0.1, -0.05) is 30.3 Å². The summed E-state index contributed by atoms with van der Waals surface area (Å²) < 4.78 is 0. The van der Waals surface area contributed by atoms with E-state index in [1.165, 1.54) is 5.56 Å². The van der Waals surface area contributed by atoms with Crippen molar-refractivity contribution in [3.63, 3.8) is 0 Å². The molecule has 1 aromatic heterocycles. The molecule has 22 heavy (non-hydrogen) atoms. The molecule has 0 aliphatic carbocycles. The molecule has 2 aromatic carbocycles. The highest BCUT2D eigenvalue weighted by atomic mass is 16.4. The first kappa shape index (κ1) is 14.1. The maximum atomic E-state index is 10.8. The van der Waals surface area contributed by atoms with E-state index in [1.807, 2.05) is 24.3 Å². The predicted molar refractivity (Wildman–Crippen MR) is 87.2 cm³/mol. The van der Waals surface area contributed by atoms with Gasteiger partial charge in [0.05, 0.1) is 5.56 Å². The molecule has 0 aliphatic heterocycles. The van der Waals surface area contributed by atoms with Crippen molar-refractivity contribution in [1.82, 2.24) is 4.98 Å². The van der Waals surface area contributed by atoms with Gasteiger partial charge in [-0.05, 0) is 41.6 Å².